The molecule has 5 heteroatoms. The number of carbonyl (C=O) groups is 2. The minimum Gasteiger partial charge on any atom is -0.353 e. The highest BCUT2D eigenvalue weighted by Gasteiger charge is 2.40. The van der Waals surface area contributed by atoms with Crippen LogP contribution in [0.3, 0.4) is 0 Å². The predicted octanol–water partition coefficient (Wildman–Crippen LogP) is 0.230. The van der Waals surface area contributed by atoms with E-state index in [1.165, 1.54) is 0 Å². The zero-order valence-corrected chi connectivity index (χ0v) is 9.73. The summed E-state index contributed by atoms with van der Waals surface area (Å²) in [6.45, 7) is 3.47. The first kappa shape index (κ1) is 10.8. The Balaban J connectivity index is 2.03. The maximum absolute atomic E-state index is 12.2. The molecule has 0 spiro atoms. The van der Waals surface area contributed by atoms with Crippen molar-refractivity contribution >= 4 is 23.6 Å². The number of hydrogen-bond donors (Lipinski definition) is 1. The Hall–Kier alpha value is -0.710. The summed E-state index contributed by atoms with van der Waals surface area (Å²) < 4.78 is -0.280. The molecule has 0 saturated carbocycles. The molecule has 2 aliphatic heterocycles. The number of nitrogens with zero attached hydrogens (tertiary/aromatic N) is 1. The van der Waals surface area contributed by atoms with Gasteiger partial charge in [-0.15, -0.1) is 11.8 Å². The molecule has 15 heavy (non-hydrogen) atoms. The maximum atomic E-state index is 12.2. The lowest BCUT2D eigenvalue weighted by molar-refractivity contribution is -0.139. The monoisotopic (exact) mass is 228 g/mol. The lowest BCUT2D eigenvalue weighted by Crippen LogP contribution is -2.54. The van der Waals surface area contributed by atoms with Gasteiger partial charge in [-0.3, -0.25) is 9.59 Å². The van der Waals surface area contributed by atoms with Gasteiger partial charge in [-0.2, -0.15) is 0 Å². The molecule has 84 valence electrons. The Morgan fingerprint density at radius 3 is 3.00 bits per heavy atom. The van der Waals surface area contributed by atoms with Crippen LogP contribution in [0.4, 0.5) is 0 Å². The summed E-state index contributed by atoms with van der Waals surface area (Å²) in [5.74, 6) is 1.16. The van der Waals surface area contributed by atoms with E-state index < -0.39 is 0 Å². The highest BCUT2D eigenvalue weighted by molar-refractivity contribution is 8.01. The molecular formula is C10H16N2O2S. The van der Waals surface area contributed by atoms with Crippen molar-refractivity contribution in [3.8, 4) is 0 Å². The van der Waals surface area contributed by atoms with Crippen LogP contribution in [0.1, 0.15) is 19.8 Å². The van der Waals surface area contributed by atoms with Crippen molar-refractivity contribution in [2.24, 2.45) is 0 Å². The van der Waals surface area contributed by atoms with Gasteiger partial charge in [-0.1, -0.05) is 0 Å². The molecule has 2 heterocycles. The molecule has 2 fully saturated rings. The summed E-state index contributed by atoms with van der Waals surface area (Å²) in [7, 11) is 0. The van der Waals surface area contributed by atoms with Gasteiger partial charge in [0.1, 0.15) is 0 Å². The van der Waals surface area contributed by atoms with Gasteiger partial charge in [0.15, 0.2) is 0 Å². The van der Waals surface area contributed by atoms with Gasteiger partial charge in [0.25, 0.3) is 0 Å². The molecule has 2 amide bonds. The van der Waals surface area contributed by atoms with Crippen molar-refractivity contribution < 1.29 is 9.59 Å². The summed E-state index contributed by atoms with van der Waals surface area (Å²) >= 11 is 1.72. The minimum absolute atomic E-state index is 0.0406. The van der Waals surface area contributed by atoms with Crippen molar-refractivity contribution in [3.63, 3.8) is 0 Å². The van der Waals surface area contributed by atoms with Crippen LogP contribution in [0.25, 0.3) is 0 Å². The number of nitrogens with one attached hydrogen (secondary N) is 1. The number of rotatable bonds is 1. The zero-order chi connectivity index (χ0) is 10.9. The summed E-state index contributed by atoms with van der Waals surface area (Å²) in [4.78, 5) is 25.1. The SMILES string of the molecule is CC1(C(=O)N2CCNC(=O)C2)CCCS1. The fourth-order valence-corrected chi connectivity index (χ4v) is 3.37. The van der Waals surface area contributed by atoms with Gasteiger partial charge in [0, 0.05) is 13.1 Å². The molecule has 4 nitrogen and oxygen atoms in total. The Labute approximate surface area is 93.8 Å². The number of carbonyl (C=O) groups excluding carboxylic acids is 2. The van der Waals surface area contributed by atoms with Crippen molar-refractivity contribution in [3.05, 3.63) is 0 Å². The normalized spacial score (nSPS) is 31.5. The van der Waals surface area contributed by atoms with Crippen LogP contribution >= 0.6 is 11.8 Å². The van der Waals surface area contributed by atoms with Crippen LogP contribution in [-0.2, 0) is 9.59 Å². The molecular weight excluding hydrogens is 212 g/mol. The molecule has 0 aromatic rings. The number of hydrogen-bond acceptors (Lipinski definition) is 3. The average molecular weight is 228 g/mol. The van der Waals surface area contributed by atoms with Gasteiger partial charge in [-0.25, -0.2) is 0 Å². The average Bonchev–Trinajstić information content (AvgIpc) is 2.65. The molecule has 2 rings (SSSR count). The number of piperazine rings is 1. The van der Waals surface area contributed by atoms with Gasteiger partial charge >= 0.3 is 0 Å². The molecule has 0 aromatic carbocycles. The van der Waals surface area contributed by atoms with Crippen LogP contribution in [0.2, 0.25) is 0 Å². The van der Waals surface area contributed by atoms with E-state index in [2.05, 4.69) is 5.32 Å². The van der Waals surface area contributed by atoms with E-state index in [-0.39, 0.29) is 23.1 Å². The van der Waals surface area contributed by atoms with E-state index in [9.17, 15) is 9.59 Å². The van der Waals surface area contributed by atoms with Crippen molar-refractivity contribution in [2.45, 2.75) is 24.5 Å². The predicted molar refractivity (Wildman–Crippen MR) is 59.7 cm³/mol. The number of thioether (sulfide) groups is 1. The van der Waals surface area contributed by atoms with E-state index in [0.717, 1.165) is 18.6 Å². The van der Waals surface area contributed by atoms with Crippen molar-refractivity contribution in [1.29, 1.82) is 0 Å². The van der Waals surface area contributed by atoms with Gasteiger partial charge in [0.05, 0.1) is 11.3 Å². The third kappa shape index (κ3) is 2.12. The highest BCUT2D eigenvalue weighted by Crippen LogP contribution is 2.39. The Morgan fingerprint density at radius 2 is 2.40 bits per heavy atom. The number of amides is 2. The molecule has 2 aliphatic rings. The Bertz CT molecular complexity index is 287. The largest absolute Gasteiger partial charge is 0.353 e. The van der Waals surface area contributed by atoms with Gasteiger partial charge in [0.2, 0.25) is 11.8 Å². The summed E-state index contributed by atoms with van der Waals surface area (Å²) in [5, 5.41) is 2.73. The summed E-state index contributed by atoms with van der Waals surface area (Å²) in [6.07, 6.45) is 2.04. The van der Waals surface area contributed by atoms with E-state index in [1.54, 1.807) is 16.7 Å². The minimum atomic E-state index is -0.280. The molecule has 0 bridgehead atoms. The van der Waals surface area contributed by atoms with Crippen molar-refractivity contribution in [2.75, 3.05) is 25.4 Å². The van der Waals surface area contributed by atoms with Gasteiger partial charge < -0.3 is 10.2 Å². The zero-order valence-electron chi connectivity index (χ0n) is 8.91. The third-order valence-corrected chi connectivity index (χ3v) is 4.51. The molecule has 1 N–H and O–H groups in total. The lowest BCUT2D eigenvalue weighted by atomic mass is 10.0. The van der Waals surface area contributed by atoms with Crippen LogP contribution in [0.15, 0.2) is 0 Å². The van der Waals surface area contributed by atoms with Crippen molar-refractivity contribution in [1.82, 2.24) is 10.2 Å². The fourth-order valence-electron chi connectivity index (χ4n) is 2.09. The molecule has 1 atom stereocenters. The molecule has 2 saturated heterocycles. The second-order valence-corrected chi connectivity index (χ2v) is 5.86. The topological polar surface area (TPSA) is 49.4 Å². The van der Waals surface area contributed by atoms with E-state index in [4.69, 9.17) is 0 Å². The standard InChI is InChI=1S/C10H16N2O2S/c1-10(3-2-6-15-10)9(14)12-5-4-11-8(13)7-12/h2-7H2,1H3,(H,11,13). The fraction of sp³-hybridized carbons (Fsp3) is 0.800. The van der Waals surface area contributed by atoms with E-state index >= 15 is 0 Å². The molecule has 0 aliphatic carbocycles. The first-order chi connectivity index (χ1) is 7.12. The summed E-state index contributed by atoms with van der Waals surface area (Å²) in [6, 6.07) is 0. The van der Waals surface area contributed by atoms with Gasteiger partial charge in [-0.05, 0) is 25.5 Å². The smallest absolute Gasteiger partial charge is 0.239 e. The lowest BCUT2D eigenvalue weighted by Gasteiger charge is -2.33. The molecule has 0 aromatic heterocycles. The molecule has 0 radical (unpaired) electrons. The van der Waals surface area contributed by atoms with Crippen LogP contribution in [0, 0.1) is 0 Å². The molecule has 1 unspecified atom stereocenters. The first-order valence-corrected chi connectivity index (χ1v) is 6.30. The quantitative estimate of drug-likeness (QED) is 0.699. The highest BCUT2D eigenvalue weighted by atomic mass is 32.2. The second kappa shape index (κ2) is 4.04. The van der Waals surface area contributed by atoms with Crippen LogP contribution < -0.4 is 5.32 Å². The van der Waals surface area contributed by atoms with E-state index in [0.29, 0.717) is 13.1 Å². The van der Waals surface area contributed by atoms with Crippen LogP contribution in [-0.4, -0.2) is 46.8 Å². The second-order valence-electron chi connectivity index (χ2n) is 4.26. The van der Waals surface area contributed by atoms with Crippen LogP contribution in [0.5, 0.6) is 0 Å². The Morgan fingerprint density at radius 1 is 1.60 bits per heavy atom. The summed E-state index contributed by atoms with van der Waals surface area (Å²) in [5.41, 5.74) is 0. The first-order valence-electron chi connectivity index (χ1n) is 5.32. The van der Waals surface area contributed by atoms with E-state index in [1.807, 2.05) is 6.92 Å². The third-order valence-electron chi connectivity index (χ3n) is 3.00. The Kier molecular flexibility index (Phi) is 2.91. The maximum Gasteiger partial charge on any atom is 0.239 e.